The lowest BCUT2D eigenvalue weighted by atomic mass is 9.90. The molecule has 0 amide bonds. The van der Waals surface area contributed by atoms with Crippen molar-refractivity contribution in [3.8, 4) is 0 Å². The van der Waals surface area contributed by atoms with E-state index in [0.717, 1.165) is 19.0 Å². The van der Waals surface area contributed by atoms with Crippen molar-refractivity contribution in [2.24, 2.45) is 11.7 Å². The molecule has 1 unspecified atom stereocenters. The molecule has 0 heterocycles. The van der Waals surface area contributed by atoms with Crippen molar-refractivity contribution in [3.05, 3.63) is 0 Å². The molecule has 1 atom stereocenters. The molecule has 2 nitrogen and oxygen atoms in total. The quantitative estimate of drug-likeness (QED) is 0.634. The summed E-state index contributed by atoms with van der Waals surface area (Å²) in [5.41, 5.74) is 6.11. The maximum Gasteiger partial charge on any atom is 0.0329 e. The molecule has 0 aromatic heterocycles. The average molecular weight is 170 g/mol. The standard InChI is InChI=1S/C10H22N2/c1-3-7-12-10(4-2,8-11)9-5-6-9/h9,12H,3-8,11H2,1-2H3. The lowest BCUT2D eigenvalue weighted by Gasteiger charge is -2.33. The molecule has 1 aliphatic rings. The van der Waals surface area contributed by atoms with E-state index in [1.807, 2.05) is 0 Å². The van der Waals surface area contributed by atoms with Gasteiger partial charge in [0.2, 0.25) is 0 Å². The molecular weight excluding hydrogens is 148 g/mol. The topological polar surface area (TPSA) is 38.0 Å². The Balaban J connectivity index is 2.43. The predicted molar refractivity (Wildman–Crippen MR) is 53.1 cm³/mol. The molecule has 0 saturated heterocycles. The fourth-order valence-corrected chi connectivity index (χ4v) is 1.95. The van der Waals surface area contributed by atoms with Crippen LogP contribution in [0.4, 0.5) is 0 Å². The maximum absolute atomic E-state index is 5.84. The first kappa shape index (κ1) is 10.0. The highest BCUT2D eigenvalue weighted by atomic mass is 15.0. The monoisotopic (exact) mass is 170 g/mol. The van der Waals surface area contributed by atoms with E-state index in [2.05, 4.69) is 19.2 Å². The summed E-state index contributed by atoms with van der Waals surface area (Å²) in [6.07, 6.45) is 5.13. The molecule has 0 aromatic rings. The molecule has 0 radical (unpaired) electrons. The molecule has 1 rings (SSSR count). The first-order valence-corrected chi connectivity index (χ1v) is 5.24. The minimum Gasteiger partial charge on any atom is -0.329 e. The zero-order valence-electron chi connectivity index (χ0n) is 8.40. The molecule has 3 N–H and O–H groups in total. The smallest absolute Gasteiger partial charge is 0.0329 e. The third-order valence-electron chi connectivity index (χ3n) is 3.08. The van der Waals surface area contributed by atoms with E-state index >= 15 is 0 Å². The predicted octanol–water partition coefficient (Wildman–Crippen LogP) is 1.50. The van der Waals surface area contributed by atoms with Gasteiger partial charge in [0.1, 0.15) is 0 Å². The number of hydrogen-bond donors (Lipinski definition) is 2. The Morgan fingerprint density at radius 1 is 1.42 bits per heavy atom. The zero-order chi connectivity index (χ0) is 9.03. The zero-order valence-corrected chi connectivity index (χ0v) is 8.40. The molecule has 0 spiro atoms. The molecule has 2 heteroatoms. The van der Waals surface area contributed by atoms with Crippen molar-refractivity contribution in [2.75, 3.05) is 13.1 Å². The van der Waals surface area contributed by atoms with Gasteiger partial charge in [-0.25, -0.2) is 0 Å². The van der Waals surface area contributed by atoms with Gasteiger partial charge in [-0.1, -0.05) is 13.8 Å². The van der Waals surface area contributed by atoms with Gasteiger partial charge < -0.3 is 11.1 Å². The van der Waals surface area contributed by atoms with Crippen molar-refractivity contribution >= 4 is 0 Å². The van der Waals surface area contributed by atoms with Crippen molar-refractivity contribution < 1.29 is 0 Å². The van der Waals surface area contributed by atoms with E-state index in [-0.39, 0.29) is 5.54 Å². The van der Waals surface area contributed by atoms with Gasteiger partial charge in [-0.2, -0.15) is 0 Å². The molecule has 0 aromatic carbocycles. The van der Waals surface area contributed by atoms with Crippen LogP contribution in [0.3, 0.4) is 0 Å². The summed E-state index contributed by atoms with van der Waals surface area (Å²) in [5.74, 6) is 0.860. The maximum atomic E-state index is 5.84. The Labute approximate surface area is 75.9 Å². The summed E-state index contributed by atoms with van der Waals surface area (Å²) in [6, 6.07) is 0. The van der Waals surface area contributed by atoms with Crippen LogP contribution in [-0.4, -0.2) is 18.6 Å². The van der Waals surface area contributed by atoms with Gasteiger partial charge in [0.05, 0.1) is 0 Å². The Morgan fingerprint density at radius 2 is 2.08 bits per heavy atom. The number of rotatable bonds is 6. The highest BCUT2D eigenvalue weighted by Crippen LogP contribution is 2.40. The first-order chi connectivity index (χ1) is 5.79. The highest BCUT2D eigenvalue weighted by Gasteiger charge is 2.42. The molecule has 1 fully saturated rings. The second-order valence-electron chi connectivity index (χ2n) is 3.91. The molecule has 12 heavy (non-hydrogen) atoms. The third-order valence-corrected chi connectivity index (χ3v) is 3.08. The molecule has 1 aliphatic carbocycles. The number of nitrogens with one attached hydrogen (secondary N) is 1. The summed E-state index contributed by atoms with van der Waals surface area (Å²) >= 11 is 0. The molecule has 1 saturated carbocycles. The van der Waals surface area contributed by atoms with Crippen LogP contribution in [0.15, 0.2) is 0 Å². The van der Waals surface area contributed by atoms with Crippen molar-refractivity contribution in [1.82, 2.24) is 5.32 Å². The average Bonchev–Trinajstić information content (AvgIpc) is 2.91. The van der Waals surface area contributed by atoms with Gasteiger partial charge in [-0.15, -0.1) is 0 Å². The van der Waals surface area contributed by atoms with E-state index in [1.54, 1.807) is 0 Å². The Bertz CT molecular complexity index is 126. The second kappa shape index (κ2) is 4.24. The first-order valence-electron chi connectivity index (χ1n) is 5.24. The minimum absolute atomic E-state index is 0.274. The van der Waals surface area contributed by atoms with E-state index in [4.69, 9.17) is 5.73 Å². The number of nitrogens with two attached hydrogens (primary N) is 1. The van der Waals surface area contributed by atoms with E-state index in [0.29, 0.717) is 0 Å². The lowest BCUT2D eigenvalue weighted by Crippen LogP contribution is -2.52. The number of hydrogen-bond acceptors (Lipinski definition) is 2. The van der Waals surface area contributed by atoms with Gasteiger partial charge in [0, 0.05) is 12.1 Å². The fraction of sp³-hybridized carbons (Fsp3) is 1.00. The van der Waals surface area contributed by atoms with Crippen molar-refractivity contribution in [3.63, 3.8) is 0 Å². The summed E-state index contributed by atoms with van der Waals surface area (Å²) in [7, 11) is 0. The van der Waals surface area contributed by atoms with E-state index < -0.39 is 0 Å². The van der Waals surface area contributed by atoms with Crippen LogP contribution in [0.25, 0.3) is 0 Å². The van der Waals surface area contributed by atoms with Crippen LogP contribution < -0.4 is 11.1 Å². The van der Waals surface area contributed by atoms with E-state index in [9.17, 15) is 0 Å². The van der Waals surface area contributed by atoms with Gasteiger partial charge in [-0.3, -0.25) is 0 Å². The Kier molecular flexibility index (Phi) is 3.53. The van der Waals surface area contributed by atoms with Gasteiger partial charge in [0.25, 0.3) is 0 Å². The van der Waals surface area contributed by atoms with Crippen LogP contribution in [0, 0.1) is 5.92 Å². The molecular formula is C10H22N2. The Hall–Kier alpha value is -0.0800. The van der Waals surface area contributed by atoms with Gasteiger partial charge in [-0.05, 0) is 38.1 Å². The van der Waals surface area contributed by atoms with Crippen molar-refractivity contribution in [1.29, 1.82) is 0 Å². The molecule has 0 aliphatic heterocycles. The largest absolute Gasteiger partial charge is 0.329 e. The highest BCUT2D eigenvalue weighted by molar-refractivity contribution is 5.00. The summed E-state index contributed by atoms with van der Waals surface area (Å²) in [6.45, 7) is 6.36. The summed E-state index contributed by atoms with van der Waals surface area (Å²) < 4.78 is 0. The summed E-state index contributed by atoms with van der Waals surface area (Å²) in [4.78, 5) is 0. The SMILES string of the molecule is CCCNC(CC)(CN)C1CC1. The van der Waals surface area contributed by atoms with Crippen molar-refractivity contribution in [2.45, 2.75) is 45.1 Å². The normalized spacial score (nSPS) is 22.2. The van der Waals surface area contributed by atoms with E-state index in [1.165, 1.54) is 25.7 Å². The van der Waals surface area contributed by atoms with Crippen LogP contribution in [0.1, 0.15) is 39.5 Å². The second-order valence-corrected chi connectivity index (χ2v) is 3.91. The van der Waals surface area contributed by atoms with Crippen LogP contribution in [-0.2, 0) is 0 Å². The van der Waals surface area contributed by atoms with Crippen LogP contribution in [0.5, 0.6) is 0 Å². The van der Waals surface area contributed by atoms with Gasteiger partial charge >= 0.3 is 0 Å². The molecule has 0 bridgehead atoms. The summed E-state index contributed by atoms with van der Waals surface area (Å²) in [5, 5.41) is 3.62. The minimum atomic E-state index is 0.274. The third kappa shape index (κ3) is 1.99. The Morgan fingerprint density at radius 3 is 2.42 bits per heavy atom. The van der Waals surface area contributed by atoms with Crippen LogP contribution >= 0.6 is 0 Å². The molecule has 72 valence electrons. The van der Waals surface area contributed by atoms with Crippen LogP contribution in [0.2, 0.25) is 0 Å². The lowest BCUT2D eigenvalue weighted by molar-refractivity contribution is 0.280. The van der Waals surface area contributed by atoms with Gasteiger partial charge in [0.15, 0.2) is 0 Å². The fourth-order valence-electron chi connectivity index (χ4n) is 1.95.